The molecule has 1 aromatic heterocycles. The average Bonchev–Trinajstić information content (AvgIpc) is 3.05. The molecule has 1 unspecified atom stereocenters. The molecule has 0 aliphatic rings. The predicted octanol–water partition coefficient (Wildman–Crippen LogP) is 3.95. The van der Waals surface area contributed by atoms with Crippen LogP contribution >= 0.6 is 12.4 Å². The van der Waals surface area contributed by atoms with Crippen LogP contribution in [-0.4, -0.2) is 19.0 Å². The molecule has 2 aromatic carbocycles. The van der Waals surface area contributed by atoms with Gasteiger partial charge in [-0.15, -0.1) is 12.4 Å². The molecule has 0 aliphatic heterocycles. The Kier molecular flexibility index (Phi) is 6.62. The largest absolute Gasteiger partial charge is 0.464 e. The van der Waals surface area contributed by atoms with Crippen LogP contribution in [0.15, 0.2) is 59.2 Å². The minimum Gasteiger partial charge on any atom is -0.464 e. The molecular formula is C20H23ClN2O2. The van der Waals surface area contributed by atoms with E-state index in [1.807, 2.05) is 43.3 Å². The first-order valence-electron chi connectivity index (χ1n) is 8.19. The van der Waals surface area contributed by atoms with Gasteiger partial charge in [0.15, 0.2) is 0 Å². The molecule has 0 saturated heterocycles. The summed E-state index contributed by atoms with van der Waals surface area (Å²) in [6.45, 7) is 2.60. The molecule has 0 bridgehead atoms. The predicted molar refractivity (Wildman–Crippen MR) is 104 cm³/mol. The van der Waals surface area contributed by atoms with Crippen molar-refractivity contribution >= 4 is 35.5 Å². The van der Waals surface area contributed by atoms with Gasteiger partial charge in [0.1, 0.15) is 5.58 Å². The van der Waals surface area contributed by atoms with Crippen molar-refractivity contribution in [2.75, 3.05) is 11.4 Å². The van der Waals surface area contributed by atoms with Gasteiger partial charge in [-0.25, -0.2) is 0 Å². The van der Waals surface area contributed by atoms with Crippen LogP contribution in [0, 0.1) is 0 Å². The lowest BCUT2D eigenvalue weighted by molar-refractivity contribution is -0.107. The standard InChI is InChI=1S/C20H22N2O2.ClH/c1-15(21)11-18-13-19(12-17-8-10-24-20(17)18)22(14-23)9-7-16-5-3-2-4-6-16;/h2-6,8,10,12-15H,7,9,11,21H2,1H3;1H. The maximum absolute atomic E-state index is 11.6. The monoisotopic (exact) mass is 358 g/mol. The molecule has 5 heteroatoms. The number of benzene rings is 2. The SMILES string of the molecule is CC(N)Cc1cc(N(C=O)CCc2ccccc2)cc2ccoc12.Cl. The number of hydrogen-bond donors (Lipinski definition) is 1. The van der Waals surface area contributed by atoms with Gasteiger partial charge >= 0.3 is 0 Å². The number of rotatable bonds is 7. The van der Waals surface area contributed by atoms with Crippen molar-refractivity contribution in [3.05, 3.63) is 65.9 Å². The first kappa shape index (κ1) is 19.0. The van der Waals surface area contributed by atoms with Crippen LogP contribution in [0.4, 0.5) is 5.69 Å². The number of halogens is 1. The quantitative estimate of drug-likeness (QED) is 0.650. The van der Waals surface area contributed by atoms with Gasteiger partial charge in [-0.2, -0.15) is 0 Å². The smallest absolute Gasteiger partial charge is 0.214 e. The third-order valence-corrected chi connectivity index (χ3v) is 4.10. The van der Waals surface area contributed by atoms with Gasteiger partial charge in [-0.3, -0.25) is 4.79 Å². The maximum atomic E-state index is 11.6. The zero-order valence-electron chi connectivity index (χ0n) is 14.2. The number of carbonyl (C=O) groups excluding carboxylic acids is 1. The van der Waals surface area contributed by atoms with Gasteiger partial charge in [0.05, 0.1) is 6.26 Å². The van der Waals surface area contributed by atoms with E-state index in [4.69, 9.17) is 10.2 Å². The second-order valence-electron chi connectivity index (χ2n) is 6.16. The summed E-state index contributed by atoms with van der Waals surface area (Å²) in [6, 6.07) is 16.1. The Balaban J connectivity index is 0.00000225. The van der Waals surface area contributed by atoms with E-state index in [0.29, 0.717) is 13.0 Å². The zero-order chi connectivity index (χ0) is 16.9. The number of furan rings is 1. The first-order chi connectivity index (χ1) is 11.7. The molecule has 1 atom stereocenters. The highest BCUT2D eigenvalue weighted by molar-refractivity contribution is 5.88. The lowest BCUT2D eigenvalue weighted by Crippen LogP contribution is -2.24. The summed E-state index contributed by atoms with van der Waals surface area (Å²) in [4.78, 5) is 13.4. The average molecular weight is 359 g/mol. The molecule has 3 rings (SSSR count). The summed E-state index contributed by atoms with van der Waals surface area (Å²) in [7, 11) is 0. The molecule has 1 amide bonds. The molecule has 2 N–H and O–H groups in total. The summed E-state index contributed by atoms with van der Waals surface area (Å²) < 4.78 is 5.59. The van der Waals surface area contributed by atoms with Crippen LogP contribution in [0.25, 0.3) is 11.0 Å². The Morgan fingerprint density at radius 2 is 1.96 bits per heavy atom. The molecule has 0 aliphatic carbocycles. The molecule has 0 fully saturated rings. The van der Waals surface area contributed by atoms with Crippen LogP contribution in [0.2, 0.25) is 0 Å². The Hall–Kier alpha value is -2.30. The van der Waals surface area contributed by atoms with Gasteiger partial charge in [0, 0.05) is 23.7 Å². The molecule has 1 heterocycles. The summed E-state index contributed by atoms with van der Waals surface area (Å²) in [5.74, 6) is 0. The number of nitrogens with zero attached hydrogens (tertiary/aromatic N) is 1. The van der Waals surface area contributed by atoms with Crippen LogP contribution in [0.1, 0.15) is 18.1 Å². The Labute approximate surface area is 154 Å². The number of fused-ring (bicyclic) bond motifs is 1. The molecule has 4 nitrogen and oxygen atoms in total. The van der Waals surface area contributed by atoms with E-state index in [1.54, 1.807) is 11.2 Å². The molecule has 0 saturated carbocycles. The van der Waals surface area contributed by atoms with E-state index in [-0.39, 0.29) is 18.4 Å². The van der Waals surface area contributed by atoms with E-state index in [0.717, 1.165) is 35.1 Å². The van der Waals surface area contributed by atoms with Crippen molar-refractivity contribution in [2.45, 2.75) is 25.8 Å². The summed E-state index contributed by atoms with van der Waals surface area (Å²) in [5, 5.41) is 0.995. The third-order valence-electron chi connectivity index (χ3n) is 4.10. The fourth-order valence-electron chi connectivity index (χ4n) is 2.94. The van der Waals surface area contributed by atoms with Gasteiger partial charge in [-0.1, -0.05) is 30.3 Å². The minimum atomic E-state index is 0. The van der Waals surface area contributed by atoms with Gasteiger partial charge < -0.3 is 15.1 Å². The maximum Gasteiger partial charge on any atom is 0.214 e. The van der Waals surface area contributed by atoms with Crippen molar-refractivity contribution in [3.63, 3.8) is 0 Å². The second kappa shape index (κ2) is 8.70. The van der Waals surface area contributed by atoms with Crippen LogP contribution in [0.5, 0.6) is 0 Å². The van der Waals surface area contributed by atoms with Crippen molar-refractivity contribution < 1.29 is 9.21 Å². The summed E-state index contributed by atoms with van der Waals surface area (Å²) in [5.41, 5.74) is 9.93. The van der Waals surface area contributed by atoms with Crippen molar-refractivity contribution in [1.82, 2.24) is 0 Å². The number of anilines is 1. The van der Waals surface area contributed by atoms with Crippen molar-refractivity contribution in [3.8, 4) is 0 Å². The van der Waals surface area contributed by atoms with Crippen LogP contribution < -0.4 is 10.6 Å². The van der Waals surface area contributed by atoms with Gasteiger partial charge in [-0.05, 0) is 49.1 Å². The number of carbonyl (C=O) groups is 1. The van der Waals surface area contributed by atoms with Gasteiger partial charge in [0.2, 0.25) is 6.41 Å². The molecular weight excluding hydrogens is 336 g/mol. The minimum absolute atomic E-state index is 0. The van der Waals surface area contributed by atoms with Crippen LogP contribution in [-0.2, 0) is 17.6 Å². The fraction of sp³-hybridized carbons (Fsp3) is 0.250. The molecule has 0 radical (unpaired) electrons. The number of amides is 1. The van der Waals surface area contributed by atoms with E-state index in [9.17, 15) is 4.79 Å². The normalized spacial score (nSPS) is 11.8. The van der Waals surface area contributed by atoms with Crippen LogP contribution in [0.3, 0.4) is 0 Å². The lowest BCUT2D eigenvalue weighted by atomic mass is 10.0. The Bertz CT molecular complexity index is 815. The highest BCUT2D eigenvalue weighted by Crippen LogP contribution is 2.28. The summed E-state index contributed by atoms with van der Waals surface area (Å²) in [6.07, 6.45) is 4.09. The number of hydrogen-bond acceptors (Lipinski definition) is 3. The van der Waals surface area contributed by atoms with E-state index < -0.39 is 0 Å². The van der Waals surface area contributed by atoms with Crippen molar-refractivity contribution in [2.24, 2.45) is 5.73 Å². The Morgan fingerprint density at radius 3 is 2.64 bits per heavy atom. The second-order valence-corrected chi connectivity index (χ2v) is 6.16. The van der Waals surface area contributed by atoms with E-state index >= 15 is 0 Å². The zero-order valence-corrected chi connectivity index (χ0v) is 15.0. The number of nitrogens with two attached hydrogens (primary N) is 1. The van der Waals surface area contributed by atoms with Gasteiger partial charge in [0.25, 0.3) is 0 Å². The third kappa shape index (κ3) is 4.62. The highest BCUT2D eigenvalue weighted by Gasteiger charge is 2.13. The van der Waals surface area contributed by atoms with Crippen molar-refractivity contribution in [1.29, 1.82) is 0 Å². The molecule has 132 valence electrons. The molecule has 25 heavy (non-hydrogen) atoms. The van der Waals surface area contributed by atoms with E-state index in [1.165, 1.54) is 5.56 Å². The summed E-state index contributed by atoms with van der Waals surface area (Å²) >= 11 is 0. The molecule has 0 spiro atoms. The molecule has 3 aromatic rings. The first-order valence-corrected chi connectivity index (χ1v) is 8.19. The topological polar surface area (TPSA) is 59.5 Å². The van der Waals surface area contributed by atoms with E-state index in [2.05, 4.69) is 12.1 Å². The lowest BCUT2D eigenvalue weighted by Gasteiger charge is -2.19. The Morgan fingerprint density at radius 1 is 1.20 bits per heavy atom. The fourth-order valence-corrected chi connectivity index (χ4v) is 2.94. The highest BCUT2D eigenvalue weighted by atomic mass is 35.5.